The maximum Gasteiger partial charge on any atom is 0.384 e. The Bertz CT molecular complexity index is 834. The van der Waals surface area contributed by atoms with Gasteiger partial charge in [-0.25, -0.2) is 4.99 Å². The summed E-state index contributed by atoms with van der Waals surface area (Å²) in [6.45, 7) is 2.00. The van der Waals surface area contributed by atoms with E-state index in [2.05, 4.69) is 9.73 Å². The van der Waals surface area contributed by atoms with E-state index in [9.17, 15) is 43.9 Å². The summed E-state index contributed by atoms with van der Waals surface area (Å²) < 4.78 is 139. The Morgan fingerprint density at radius 2 is 1.41 bits per heavy atom. The lowest BCUT2D eigenvalue weighted by molar-refractivity contribution is -0.400. The zero-order valence-electron chi connectivity index (χ0n) is 17.7. The Morgan fingerprint density at radius 1 is 0.875 bits per heavy atom. The molecule has 3 nitrogen and oxygen atoms in total. The van der Waals surface area contributed by atoms with Crippen LogP contribution >= 0.6 is 0 Å². The highest BCUT2D eigenvalue weighted by molar-refractivity contribution is 5.64. The van der Waals surface area contributed by atoms with Crippen LogP contribution in [0.15, 0.2) is 17.1 Å². The van der Waals surface area contributed by atoms with Crippen molar-refractivity contribution in [3.63, 3.8) is 0 Å². The Labute approximate surface area is 178 Å². The van der Waals surface area contributed by atoms with Gasteiger partial charge < -0.3 is 9.64 Å². The molecule has 0 N–H and O–H groups in total. The summed E-state index contributed by atoms with van der Waals surface area (Å²) in [7, 11) is 1.72. The highest BCUT2D eigenvalue weighted by Gasteiger charge is 2.85. The topological polar surface area (TPSA) is 24.8 Å². The Hall–Kier alpha value is -2.21. The first kappa shape index (κ1) is 27.8. The van der Waals surface area contributed by atoms with Crippen molar-refractivity contribution in [1.29, 1.82) is 0 Å². The number of halogens is 10. The second-order valence-corrected chi connectivity index (χ2v) is 7.33. The van der Waals surface area contributed by atoms with E-state index in [4.69, 9.17) is 0 Å². The molecular formula is C19H22F10N2O. The lowest BCUT2D eigenvalue weighted by Crippen LogP contribution is -2.67. The molecule has 0 radical (unpaired) electrons. The smallest absolute Gasteiger partial charge is 0.384 e. The van der Waals surface area contributed by atoms with Gasteiger partial charge in [-0.3, -0.25) is 0 Å². The van der Waals surface area contributed by atoms with Crippen molar-refractivity contribution < 1.29 is 48.6 Å². The first-order valence-corrected chi connectivity index (χ1v) is 9.10. The number of hydrogen-bond donors (Lipinski definition) is 0. The molecule has 0 saturated carbocycles. The third kappa shape index (κ3) is 5.06. The van der Waals surface area contributed by atoms with Gasteiger partial charge in [-0.2, -0.15) is 43.9 Å². The van der Waals surface area contributed by atoms with Gasteiger partial charge in [0.05, 0.1) is 12.0 Å². The average Bonchev–Trinajstić information content (AvgIpc) is 2.65. The standard InChI is InChI=1S/C19H22F10N2O/c1-6-31(5)10-30-13-7-12(3)14(8-11(13)2)32-9-16(22,23)18(26,27)19(28,29)17(24,25)15(4,20)21/h7-8,10H,6,9H2,1-5H3/b30-10+. The summed E-state index contributed by atoms with van der Waals surface area (Å²) in [5, 5.41) is 0. The molecule has 0 bridgehead atoms. The van der Waals surface area contributed by atoms with Crippen LogP contribution in [0.3, 0.4) is 0 Å². The molecule has 0 aromatic heterocycles. The van der Waals surface area contributed by atoms with Crippen LogP contribution in [0.1, 0.15) is 25.0 Å². The number of aryl methyl sites for hydroxylation is 2. The molecule has 0 amide bonds. The molecule has 1 rings (SSSR count). The zero-order valence-corrected chi connectivity index (χ0v) is 17.7. The summed E-state index contributed by atoms with van der Waals surface area (Å²) in [5.41, 5.74) is 0.797. The minimum absolute atomic E-state index is 0.0956. The van der Waals surface area contributed by atoms with E-state index in [0.29, 0.717) is 17.8 Å². The minimum atomic E-state index is -7.08. The fraction of sp³-hybridized carbons (Fsp3) is 0.632. The van der Waals surface area contributed by atoms with Crippen LogP contribution in [0.25, 0.3) is 0 Å². The van der Waals surface area contributed by atoms with Crippen LogP contribution in [-0.4, -0.2) is 61.1 Å². The third-order valence-corrected chi connectivity index (χ3v) is 4.59. The van der Waals surface area contributed by atoms with Gasteiger partial charge in [-0.05, 0) is 44.0 Å². The number of alkyl halides is 10. The Morgan fingerprint density at radius 3 is 1.88 bits per heavy atom. The van der Waals surface area contributed by atoms with E-state index in [-0.39, 0.29) is 5.56 Å². The molecule has 32 heavy (non-hydrogen) atoms. The van der Waals surface area contributed by atoms with Gasteiger partial charge in [0.25, 0.3) is 0 Å². The molecule has 13 heteroatoms. The Kier molecular flexibility index (Phi) is 7.80. The van der Waals surface area contributed by atoms with Crippen molar-refractivity contribution in [2.45, 2.75) is 57.3 Å². The second-order valence-electron chi connectivity index (χ2n) is 7.33. The first-order chi connectivity index (χ1) is 14.2. The van der Waals surface area contributed by atoms with E-state index in [1.807, 2.05) is 6.92 Å². The van der Waals surface area contributed by atoms with Crippen LogP contribution in [-0.2, 0) is 0 Å². The number of ether oxygens (including phenoxy) is 1. The number of nitrogens with zero attached hydrogens (tertiary/aromatic N) is 2. The maximum atomic E-state index is 13.9. The molecule has 0 aliphatic carbocycles. The number of aliphatic imine (C=N–C) groups is 1. The van der Waals surface area contributed by atoms with Crippen molar-refractivity contribution in [3.05, 3.63) is 23.3 Å². The maximum absolute atomic E-state index is 13.9. The Balaban J connectivity index is 3.17. The summed E-state index contributed by atoms with van der Waals surface area (Å²) in [6, 6.07) is 2.44. The van der Waals surface area contributed by atoms with Gasteiger partial charge >= 0.3 is 29.6 Å². The van der Waals surface area contributed by atoms with Crippen LogP contribution < -0.4 is 4.74 Å². The molecule has 1 aromatic carbocycles. The summed E-state index contributed by atoms with van der Waals surface area (Å²) in [6.07, 6.45) is 1.46. The monoisotopic (exact) mass is 484 g/mol. The fourth-order valence-corrected chi connectivity index (χ4v) is 2.27. The number of rotatable bonds is 10. The second kappa shape index (κ2) is 8.97. The van der Waals surface area contributed by atoms with E-state index in [1.165, 1.54) is 26.3 Å². The molecule has 0 atom stereocenters. The van der Waals surface area contributed by atoms with Crippen molar-refractivity contribution in [1.82, 2.24) is 4.90 Å². The van der Waals surface area contributed by atoms with Crippen LogP contribution in [0.4, 0.5) is 49.6 Å². The summed E-state index contributed by atoms with van der Waals surface area (Å²) >= 11 is 0. The van der Waals surface area contributed by atoms with Gasteiger partial charge in [0, 0.05) is 20.5 Å². The molecule has 0 spiro atoms. The third-order valence-electron chi connectivity index (χ3n) is 4.59. The fourth-order valence-electron chi connectivity index (χ4n) is 2.27. The molecule has 184 valence electrons. The molecule has 0 heterocycles. The van der Waals surface area contributed by atoms with E-state index in [1.54, 1.807) is 11.9 Å². The van der Waals surface area contributed by atoms with Crippen molar-refractivity contribution in [3.8, 4) is 5.75 Å². The molecule has 0 saturated heterocycles. The van der Waals surface area contributed by atoms with Gasteiger partial charge in [0.15, 0.2) is 6.61 Å². The highest BCUT2D eigenvalue weighted by Crippen LogP contribution is 2.56. The zero-order chi connectivity index (χ0) is 25.3. The van der Waals surface area contributed by atoms with Crippen LogP contribution in [0.5, 0.6) is 5.75 Å². The number of benzene rings is 1. The predicted octanol–water partition coefficient (Wildman–Crippen LogP) is 6.49. The van der Waals surface area contributed by atoms with Crippen LogP contribution in [0.2, 0.25) is 0 Å². The van der Waals surface area contributed by atoms with Gasteiger partial charge in [-0.1, -0.05) is 0 Å². The number of hydrogen-bond acceptors (Lipinski definition) is 2. The molecule has 0 aliphatic rings. The van der Waals surface area contributed by atoms with Gasteiger partial charge in [0.2, 0.25) is 0 Å². The van der Waals surface area contributed by atoms with E-state index < -0.39 is 48.9 Å². The van der Waals surface area contributed by atoms with Crippen molar-refractivity contribution >= 4 is 12.0 Å². The van der Waals surface area contributed by atoms with Crippen molar-refractivity contribution in [2.24, 2.45) is 4.99 Å². The lowest BCUT2D eigenvalue weighted by Gasteiger charge is -2.38. The molecule has 1 aromatic rings. The molecule has 0 fully saturated rings. The largest absolute Gasteiger partial charge is 0.487 e. The first-order valence-electron chi connectivity index (χ1n) is 9.10. The SMILES string of the molecule is CCN(C)/C=N/c1cc(C)c(OCC(F)(F)C(F)(F)C(F)(F)C(F)(F)C(C)(F)F)cc1C. The summed E-state index contributed by atoms with van der Waals surface area (Å²) in [4.78, 5) is 5.84. The molecule has 0 aliphatic heterocycles. The van der Waals surface area contributed by atoms with Gasteiger partial charge in [-0.15, -0.1) is 0 Å². The summed E-state index contributed by atoms with van der Waals surface area (Å²) in [5.74, 6) is -32.8. The predicted molar refractivity (Wildman–Crippen MR) is 98.3 cm³/mol. The van der Waals surface area contributed by atoms with Crippen molar-refractivity contribution in [2.75, 3.05) is 20.2 Å². The van der Waals surface area contributed by atoms with Crippen LogP contribution in [0, 0.1) is 13.8 Å². The normalized spacial score (nSPS) is 14.2. The average molecular weight is 484 g/mol. The lowest BCUT2D eigenvalue weighted by atomic mass is 9.95. The molecule has 0 unspecified atom stereocenters. The van der Waals surface area contributed by atoms with Gasteiger partial charge in [0.1, 0.15) is 5.75 Å². The highest BCUT2D eigenvalue weighted by atomic mass is 19.4. The molecular weight excluding hydrogens is 462 g/mol. The quantitative estimate of drug-likeness (QED) is 0.216. The van der Waals surface area contributed by atoms with E-state index >= 15 is 0 Å². The minimum Gasteiger partial charge on any atom is -0.487 e. The van der Waals surface area contributed by atoms with E-state index in [0.717, 1.165) is 6.07 Å².